The van der Waals surface area contributed by atoms with Gasteiger partial charge in [0.2, 0.25) is 0 Å². The monoisotopic (exact) mass is 295 g/mol. The molecule has 0 bridgehead atoms. The number of amides is 1. The molecule has 114 valence electrons. The first kappa shape index (κ1) is 14.7. The molecule has 0 radical (unpaired) electrons. The predicted molar refractivity (Wildman–Crippen MR) is 86.4 cm³/mol. The average molecular weight is 295 g/mol. The molecule has 4 heteroatoms. The predicted octanol–water partition coefficient (Wildman–Crippen LogP) is 3.55. The van der Waals surface area contributed by atoms with E-state index in [0.717, 1.165) is 31.4 Å². The van der Waals surface area contributed by atoms with Crippen LogP contribution in [0.2, 0.25) is 0 Å². The van der Waals surface area contributed by atoms with Crippen LogP contribution in [0.1, 0.15) is 43.0 Å². The molecule has 1 amide bonds. The Morgan fingerprint density at radius 1 is 1.18 bits per heavy atom. The van der Waals surface area contributed by atoms with Gasteiger partial charge in [-0.1, -0.05) is 37.3 Å². The van der Waals surface area contributed by atoms with Gasteiger partial charge in [-0.3, -0.25) is 4.79 Å². The van der Waals surface area contributed by atoms with Crippen LogP contribution in [0.5, 0.6) is 0 Å². The Bertz CT molecular complexity index is 625. The minimum absolute atomic E-state index is 0.0613. The van der Waals surface area contributed by atoms with Crippen molar-refractivity contribution >= 4 is 5.91 Å². The summed E-state index contributed by atoms with van der Waals surface area (Å²) in [6.07, 6.45) is 7.72. The summed E-state index contributed by atoms with van der Waals surface area (Å²) in [4.78, 5) is 23.4. The van der Waals surface area contributed by atoms with Gasteiger partial charge >= 0.3 is 0 Å². The quantitative estimate of drug-likeness (QED) is 0.870. The summed E-state index contributed by atoms with van der Waals surface area (Å²) >= 11 is 0. The molecular weight excluding hydrogens is 274 g/mol. The molecule has 4 nitrogen and oxygen atoms in total. The normalized spacial score (nSPS) is 18.2. The third-order valence-electron chi connectivity index (χ3n) is 4.29. The Kier molecular flexibility index (Phi) is 4.47. The third kappa shape index (κ3) is 3.01. The highest BCUT2D eigenvalue weighted by Crippen LogP contribution is 2.22. The minimum atomic E-state index is 0.0613. The number of piperidine rings is 1. The molecule has 1 atom stereocenters. The Labute approximate surface area is 131 Å². The number of benzene rings is 1. The largest absolute Gasteiger partial charge is 0.336 e. The Balaban J connectivity index is 1.79. The van der Waals surface area contributed by atoms with E-state index < -0.39 is 0 Å². The van der Waals surface area contributed by atoms with Gasteiger partial charge < -0.3 is 4.90 Å². The number of aromatic nitrogens is 2. The van der Waals surface area contributed by atoms with E-state index in [9.17, 15) is 4.79 Å². The van der Waals surface area contributed by atoms with Crippen molar-refractivity contribution < 1.29 is 4.79 Å². The van der Waals surface area contributed by atoms with Crippen molar-refractivity contribution in [2.45, 2.75) is 38.6 Å². The van der Waals surface area contributed by atoms with Gasteiger partial charge in [-0.05, 0) is 25.7 Å². The maximum absolute atomic E-state index is 12.7. The number of rotatable bonds is 3. The van der Waals surface area contributed by atoms with E-state index in [1.54, 1.807) is 12.4 Å². The molecule has 1 fully saturated rings. The van der Waals surface area contributed by atoms with Crippen molar-refractivity contribution in [3.05, 3.63) is 48.3 Å². The molecule has 1 aromatic carbocycles. The minimum Gasteiger partial charge on any atom is -0.336 e. The van der Waals surface area contributed by atoms with E-state index >= 15 is 0 Å². The summed E-state index contributed by atoms with van der Waals surface area (Å²) < 4.78 is 0. The smallest absolute Gasteiger partial charge is 0.257 e. The summed E-state index contributed by atoms with van der Waals surface area (Å²) in [6.45, 7) is 2.99. The zero-order valence-electron chi connectivity index (χ0n) is 12.9. The fourth-order valence-electron chi connectivity index (χ4n) is 3.03. The first-order chi connectivity index (χ1) is 10.8. The van der Waals surface area contributed by atoms with Crippen molar-refractivity contribution in [1.29, 1.82) is 0 Å². The van der Waals surface area contributed by atoms with Gasteiger partial charge in [0.25, 0.3) is 5.91 Å². The Hall–Kier alpha value is -2.23. The van der Waals surface area contributed by atoms with Gasteiger partial charge in [0.15, 0.2) is 5.82 Å². The molecule has 2 aromatic rings. The molecule has 1 aromatic heterocycles. The summed E-state index contributed by atoms with van der Waals surface area (Å²) in [5.41, 5.74) is 1.55. The Morgan fingerprint density at radius 3 is 2.59 bits per heavy atom. The topological polar surface area (TPSA) is 46.1 Å². The highest BCUT2D eigenvalue weighted by molar-refractivity contribution is 5.94. The number of carbonyl (C=O) groups excluding carboxylic acids is 1. The molecule has 2 heterocycles. The number of hydrogen-bond donors (Lipinski definition) is 0. The molecular formula is C18H21N3O. The maximum Gasteiger partial charge on any atom is 0.257 e. The Morgan fingerprint density at radius 2 is 1.91 bits per heavy atom. The van der Waals surface area contributed by atoms with Crippen molar-refractivity contribution in [2.75, 3.05) is 6.54 Å². The van der Waals surface area contributed by atoms with Crippen LogP contribution in [-0.4, -0.2) is 33.4 Å². The van der Waals surface area contributed by atoms with E-state index in [2.05, 4.69) is 16.9 Å². The summed E-state index contributed by atoms with van der Waals surface area (Å²) in [5, 5.41) is 0. The maximum atomic E-state index is 12.7. The zero-order valence-corrected chi connectivity index (χ0v) is 12.9. The van der Waals surface area contributed by atoms with E-state index in [-0.39, 0.29) is 5.91 Å². The van der Waals surface area contributed by atoms with Crippen LogP contribution in [-0.2, 0) is 0 Å². The number of hydrogen-bond acceptors (Lipinski definition) is 3. The summed E-state index contributed by atoms with van der Waals surface area (Å²) in [5.74, 6) is 0.717. The number of carbonyl (C=O) groups is 1. The standard InChI is InChI=1S/C18H21N3O/c1-2-16-10-6-7-11-21(16)18(22)15-12-19-17(20-13-15)14-8-4-3-5-9-14/h3-5,8-9,12-13,16H,2,6-7,10-11H2,1H3/t16-/m1/s1. The number of nitrogens with zero attached hydrogens (tertiary/aromatic N) is 3. The lowest BCUT2D eigenvalue weighted by atomic mass is 9.99. The van der Waals surface area contributed by atoms with Gasteiger partial charge in [0, 0.05) is 30.5 Å². The lowest BCUT2D eigenvalue weighted by Gasteiger charge is -2.35. The van der Waals surface area contributed by atoms with Gasteiger partial charge in [0.1, 0.15) is 0 Å². The zero-order chi connectivity index (χ0) is 15.4. The molecule has 1 aliphatic rings. The number of likely N-dealkylation sites (tertiary alicyclic amines) is 1. The second-order valence-corrected chi connectivity index (χ2v) is 5.72. The lowest BCUT2D eigenvalue weighted by Crippen LogP contribution is -2.43. The van der Waals surface area contributed by atoms with Gasteiger partial charge in [-0.2, -0.15) is 0 Å². The average Bonchev–Trinajstić information content (AvgIpc) is 2.62. The van der Waals surface area contributed by atoms with Crippen LogP contribution in [0.3, 0.4) is 0 Å². The molecule has 0 saturated carbocycles. The van der Waals surface area contributed by atoms with E-state index in [0.29, 0.717) is 17.4 Å². The molecule has 1 saturated heterocycles. The third-order valence-corrected chi connectivity index (χ3v) is 4.29. The van der Waals surface area contributed by atoms with E-state index in [4.69, 9.17) is 0 Å². The second kappa shape index (κ2) is 6.69. The SMILES string of the molecule is CC[C@@H]1CCCCN1C(=O)c1cnc(-c2ccccc2)nc1. The molecule has 22 heavy (non-hydrogen) atoms. The van der Waals surface area contributed by atoms with Crippen molar-refractivity contribution in [3.63, 3.8) is 0 Å². The lowest BCUT2D eigenvalue weighted by molar-refractivity contribution is 0.0607. The summed E-state index contributed by atoms with van der Waals surface area (Å²) in [6, 6.07) is 10.2. The molecule has 0 unspecified atom stereocenters. The second-order valence-electron chi connectivity index (χ2n) is 5.72. The van der Waals surface area contributed by atoms with E-state index in [1.807, 2.05) is 35.2 Å². The fourth-order valence-corrected chi connectivity index (χ4v) is 3.03. The molecule has 0 aliphatic carbocycles. The van der Waals surface area contributed by atoms with E-state index in [1.165, 1.54) is 6.42 Å². The van der Waals surface area contributed by atoms with Crippen LogP contribution in [0.25, 0.3) is 11.4 Å². The van der Waals surface area contributed by atoms with Gasteiger partial charge in [0.05, 0.1) is 5.56 Å². The summed E-state index contributed by atoms with van der Waals surface area (Å²) in [7, 11) is 0. The molecule has 0 spiro atoms. The van der Waals surface area contributed by atoms with Crippen molar-refractivity contribution in [2.24, 2.45) is 0 Å². The van der Waals surface area contributed by atoms with Crippen LogP contribution in [0, 0.1) is 0 Å². The van der Waals surface area contributed by atoms with Crippen LogP contribution >= 0.6 is 0 Å². The molecule has 0 N–H and O–H groups in total. The van der Waals surface area contributed by atoms with Crippen LogP contribution < -0.4 is 0 Å². The van der Waals surface area contributed by atoms with Crippen LogP contribution in [0.15, 0.2) is 42.7 Å². The highest BCUT2D eigenvalue weighted by atomic mass is 16.2. The van der Waals surface area contributed by atoms with Crippen molar-refractivity contribution in [3.8, 4) is 11.4 Å². The van der Waals surface area contributed by atoms with Crippen LogP contribution in [0.4, 0.5) is 0 Å². The molecule has 1 aliphatic heterocycles. The van der Waals surface area contributed by atoms with Crippen molar-refractivity contribution in [1.82, 2.24) is 14.9 Å². The fraction of sp³-hybridized carbons (Fsp3) is 0.389. The first-order valence-electron chi connectivity index (χ1n) is 7.98. The van der Waals surface area contributed by atoms with Gasteiger partial charge in [-0.15, -0.1) is 0 Å². The molecule has 3 rings (SSSR count). The highest BCUT2D eigenvalue weighted by Gasteiger charge is 2.26. The first-order valence-corrected chi connectivity index (χ1v) is 7.98. The van der Waals surface area contributed by atoms with Gasteiger partial charge in [-0.25, -0.2) is 9.97 Å².